The van der Waals surface area contributed by atoms with Crippen LogP contribution in [0.15, 0.2) is 194 Å². The second kappa shape index (κ2) is 11.9. The normalized spacial score (nSPS) is 11.8. The third-order valence-electron chi connectivity index (χ3n) is 10.8. The van der Waals surface area contributed by atoms with Gasteiger partial charge in [0, 0.05) is 48.0 Å². The molecule has 11 aromatic rings. The van der Waals surface area contributed by atoms with E-state index in [1.54, 1.807) is 0 Å². The van der Waals surface area contributed by atoms with Gasteiger partial charge >= 0.3 is 0 Å². The first-order valence-electron chi connectivity index (χ1n) is 18.1. The third-order valence-corrected chi connectivity index (χ3v) is 12.0. The molecule has 9 aromatic carbocycles. The minimum atomic E-state index is 1.12. The zero-order valence-electron chi connectivity index (χ0n) is 28.8. The minimum Gasteiger partial charge on any atom is -0.310 e. The van der Waals surface area contributed by atoms with Gasteiger partial charge in [-0.1, -0.05) is 140 Å². The Morgan fingerprint density at radius 1 is 0.396 bits per heavy atom. The van der Waals surface area contributed by atoms with Crippen LogP contribution in [0, 0.1) is 0 Å². The quantitative estimate of drug-likeness (QED) is 0.174. The molecule has 0 fully saturated rings. The molecule has 0 N–H and O–H groups in total. The van der Waals surface area contributed by atoms with Crippen LogP contribution < -0.4 is 4.90 Å². The Morgan fingerprint density at radius 2 is 1.06 bits per heavy atom. The zero-order valence-corrected chi connectivity index (χ0v) is 29.6. The van der Waals surface area contributed by atoms with Crippen LogP contribution in [-0.2, 0) is 0 Å². The summed E-state index contributed by atoms with van der Waals surface area (Å²) >= 11 is 1.89. The Labute approximate surface area is 311 Å². The summed E-state index contributed by atoms with van der Waals surface area (Å²) in [6.07, 6.45) is 0. The summed E-state index contributed by atoms with van der Waals surface area (Å²) < 4.78 is 5.07. The van der Waals surface area contributed by atoms with E-state index in [9.17, 15) is 0 Å². The van der Waals surface area contributed by atoms with Crippen molar-refractivity contribution in [1.29, 1.82) is 0 Å². The topological polar surface area (TPSA) is 8.17 Å². The number of hydrogen-bond acceptors (Lipinski definition) is 2. The fourth-order valence-electron chi connectivity index (χ4n) is 8.35. The van der Waals surface area contributed by atoms with Crippen LogP contribution in [0.3, 0.4) is 0 Å². The SMILES string of the molecule is c1ccc(-c2ccc(-n3c4cc(N(c5ccccc5)c5cccc6sc7c8ccccc8ccc7c56)ccc4c4c5ccccc5ccc43)cc2)cc1. The maximum Gasteiger partial charge on any atom is 0.0562 e. The Hall–Kier alpha value is -6.68. The number of nitrogens with zero attached hydrogens (tertiary/aromatic N) is 2. The van der Waals surface area contributed by atoms with Gasteiger partial charge in [-0.3, -0.25) is 0 Å². The molecule has 248 valence electrons. The van der Waals surface area contributed by atoms with Crippen molar-refractivity contribution in [2.45, 2.75) is 0 Å². The van der Waals surface area contributed by atoms with Gasteiger partial charge in [0.15, 0.2) is 0 Å². The van der Waals surface area contributed by atoms with E-state index in [2.05, 4.69) is 204 Å². The molecule has 0 unspecified atom stereocenters. The monoisotopic (exact) mass is 692 g/mol. The lowest BCUT2D eigenvalue weighted by Crippen LogP contribution is -2.10. The fraction of sp³-hybridized carbons (Fsp3) is 0. The van der Waals surface area contributed by atoms with Crippen LogP contribution in [0.2, 0.25) is 0 Å². The number of thiophene rings is 1. The van der Waals surface area contributed by atoms with Gasteiger partial charge in [-0.15, -0.1) is 11.3 Å². The smallest absolute Gasteiger partial charge is 0.0562 e. The largest absolute Gasteiger partial charge is 0.310 e. The molecule has 0 atom stereocenters. The summed E-state index contributed by atoms with van der Waals surface area (Å²) in [5.74, 6) is 0. The van der Waals surface area contributed by atoms with E-state index in [0.29, 0.717) is 0 Å². The summed E-state index contributed by atoms with van der Waals surface area (Å²) in [5.41, 5.74) is 9.36. The maximum absolute atomic E-state index is 2.45. The molecule has 3 heteroatoms. The number of fused-ring (bicyclic) bond motifs is 10. The van der Waals surface area contributed by atoms with Crippen LogP contribution >= 0.6 is 11.3 Å². The molecule has 2 aromatic heterocycles. The number of para-hydroxylation sites is 1. The van der Waals surface area contributed by atoms with Gasteiger partial charge in [-0.25, -0.2) is 0 Å². The predicted molar refractivity (Wildman–Crippen MR) is 229 cm³/mol. The summed E-state index contributed by atoms with van der Waals surface area (Å²) in [7, 11) is 0. The average Bonchev–Trinajstić information content (AvgIpc) is 3.78. The van der Waals surface area contributed by atoms with Crippen LogP contribution in [0.4, 0.5) is 17.1 Å². The number of rotatable bonds is 5. The molecule has 0 spiro atoms. The molecule has 0 aliphatic rings. The Morgan fingerprint density at radius 3 is 1.87 bits per heavy atom. The molecule has 0 saturated heterocycles. The number of anilines is 3. The molecule has 0 saturated carbocycles. The van der Waals surface area contributed by atoms with E-state index < -0.39 is 0 Å². The summed E-state index contributed by atoms with van der Waals surface area (Å²) in [6.45, 7) is 0. The fourth-order valence-corrected chi connectivity index (χ4v) is 9.61. The van der Waals surface area contributed by atoms with Gasteiger partial charge in [0.25, 0.3) is 0 Å². The number of benzene rings is 9. The van der Waals surface area contributed by atoms with E-state index in [0.717, 1.165) is 17.1 Å². The predicted octanol–water partition coefficient (Wildman–Crippen LogP) is 14.6. The van der Waals surface area contributed by atoms with E-state index in [4.69, 9.17) is 0 Å². The molecule has 0 aliphatic heterocycles. The van der Waals surface area contributed by atoms with Gasteiger partial charge in [0.05, 0.1) is 16.7 Å². The molecule has 0 radical (unpaired) electrons. The van der Waals surface area contributed by atoms with Crippen LogP contribution in [0.1, 0.15) is 0 Å². The lowest BCUT2D eigenvalue weighted by Gasteiger charge is -2.26. The Kier molecular flexibility index (Phi) is 6.76. The molecule has 0 aliphatic carbocycles. The highest BCUT2D eigenvalue weighted by molar-refractivity contribution is 7.26. The number of aromatic nitrogens is 1. The van der Waals surface area contributed by atoms with Crippen molar-refractivity contribution < 1.29 is 0 Å². The third kappa shape index (κ3) is 4.71. The molecular formula is C50H32N2S. The standard InChI is InChI=1S/C50H32N2S/c1-3-12-33(13-4-1)34-22-26-38(27-23-34)52-45-31-25-35-14-7-9-18-40(35)48(45)42-30-28-39(32-46(42)52)51(37-16-5-2-6-17-37)44-20-11-21-47-49(44)43-29-24-36-15-8-10-19-41(36)50(43)53-47/h1-32H. The van der Waals surface area contributed by atoms with E-state index in [1.165, 1.54) is 80.3 Å². The highest BCUT2D eigenvalue weighted by Crippen LogP contribution is 2.47. The lowest BCUT2D eigenvalue weighted by atomic mass is 10.0. The molecule has 2 heterocycles. The minimum absolute atomic E-state index is 1.12. The summed E-state index contributed by atoms with van der Waals surface area (Å²) in [6, 6.07) is 70.9. The Balaban J connectivity index is 1.19. The van der Waals surface area contributed by atoms with Gasteiger partial charge in [-0.2, -0.15) is 0 Å². The summed E-state index contributed by atoms with van der Waals surface area (Å²) in [5, 5.41) is 10.2. The molecule has 11 rings (SSSR count). The van der Waals surface area contributed by atoms with Crippen LogP contribution in [0.5, 0.6) is 0 Å². The van der Waals surface area contributed by atoms with Crippen molar-refractivity contribution in [2.75, 3.05) is 4.90 Å². The Bertz CT molecular complexity index is 3160. The van der Waals surface area contributed by atoms with Crippen molar-refractivity contribution in [3.63, 3.8) is 0 Å². The highest BCUT2D eigenvalue weighted by atomic mass is 32.1. The second-order valence-corrected chi connectivity index (χ2v) is 14.8. The van der Waals surface area contributed by atoms with Gasteiger partial charge in [0.2, 0.25) is 0 Å². The lowest BCUT2D eigenvalue weighted by molar-refractivity contribution is 1.18. The maximum atomic E-state index is 2.45. The molecule has 2 nitrogen and oxygen atoms in total. The highest BCUT2D eigenvalue weighted by Gasteiger charge is 2.22. The van der Waals surface area contributed by atoms with Crippen LogP contribution in [-0.4, -0.2) is 4.57 Å². The van der Waals surface area contributed by atoms with Crippen LogP contribution in [0.25, 0.3) is 80.3 Å². The van der Waals surface area contributed by atoms with E-state index >= 15 is 0 Å². The van der Waals surface area contributed by atoms with Gasteiger partial charge in [-0.05, 0) is 87.3 Å². The second-order valence-electron chi connectivity index (χ2n) is 13.7. The first-order valence-corrected chi connectivity index (χ1v) is 18.9. The molecule has 53 heavy (non-hydrogen) atoms. The first-order chi connectivity index (χ1) is 26.3. The van der Waals surface area contributed by atoms with Crippen molar-refractivity contribution in [3.05, 3.63) is 194 Å². The van der Waals surface area contributed by atoms with Crippen molar-refractivity contribution in [2.24, 2.45) is 0 Å². The first kappa shape index (κ1) is 30.0. The van der Waals surface area contributed by atoms with Crippen molar-refractivity contribution in [1.82, 2.24) is 4.57 Å². The molecule has 0 amide bonds. The molecular weight excluding hydrogens is 661 g/mol. The van der Waals surface area contributed by atoms with E-state index in [-0.39, 0.29) is 0 Å². The van der Waals surface area contributed by atoms with E-state index in [1.807, 2.05) is 11.3 Å². The number of hydrogen-bond donors (Lipinski definition) is 0. The summed E-state index contributed by atoms with van der Waals surface area (Å²) in [4.78, 5) is 2.45. The molecule has 0 bridgehead atoms. The van der Waals surface area contributed by atoms with Gasteiger partial charge in [0.1, 0.15) is 0 Å². The average molecular weight is 693 g/mol. The van der Waals surface area contributed by atoms with Crippen molar-refractivity contribution >= 4 is 91.9 Å². The zero-order chi connectivity index (χ0) is 34.9. The van der Waals surface area contributed by atoms with Crippen molar-refractivity contribution in [3.8, 4) is 16.8 Å². The van der Waals surface area contributed by atoms with Gasteiger partial charge < -0.3 is 9.47 Å².